The molecule has 56 valence electrons. The van der Waals surface area contributed by atoms with E-state index in [1.54, 1.807) is 0 Å². The zero-order valence-electron chi connectivity index (χ0n) is 6.02. The van der Waals surface area contributed by atoms with E-state index in [0.29, 0.717) is 6.42 Å². The van der Waals surface area contributed by atoms with E-state index < -0.39 is 0 Å². The Morgan fingerprint density at radius 3 is 3.00 bits per heavy atom. The summed E-state index contributed by atoms with van der Waals surface area (Å²) < 4.78 is 4.54. The zero-order valence-corrected chi connectivity index (χ0v) is 6.02. The Labute approximate surface area is 60.1 Å². The van der Waals surface area contributed by atoms with Crippen molar-refractivity contribution in [3.05, 3.63) is 12.2 Å². The number of esters is 1. The van der Waals surface area contributed by atoms with E-state index in [4.69, 9.17) is 0 Å². The summed E-state index contributed by atoms with van der Waals surface area (Å²) in [7, 11) is 1.39. The Balaban J connectivity index is 2.44. The Morgan fingerprint density at radius 1 is 1.90 bits per heavy atom. The fourth-order valence-electron chi connectivity index (χ4n) is 1.01. The summed E-state index contributed by atoms with van der Waals surface area (Å²) in [5, 5.41) is 2.98. The van der Waals surface area contributed by atoms with Crippen LogP contribution in [0.5, 0.6) is 0 Å². The third-order valence-electron chi connectivity index (χ3n) is 1.58. The maximum Gasteiger partial charge on any atom is 0.323 e. The first-order valence-corrected chi connectivity index (χ1v) is 3.22. The van der Waals surface area contributed by atoms with Gasteiger partial charge in [-0.3, -0.25) is 4.79 Å². The molecular weight excluding hydrogens is 130 g/mol. The lowest BCUT2D eigenvalue weighted by Gasteiger charge is -2.04. The second kappa shape index (κ2) is 2.84. The number of hydrogen-bond donors (Lipinski definition) is 1. The van der Waals surface area contributed by atoms with Crippen molar-refractivity contribution in [3.63, 3.8) is 0 Å². The summed E-state index contributed by atoms with van der Waals surface area (Å²) >= 11 is 0. The molecule has 0 aromatic carbocycles. The molecule has 0 aromatic heterocycles. The largest absolute Gasteiger partial charge is 0.468 e. The minimum Gasteiger partial charge on any atom is -0.468 e. The summed E-state index contributed by atoms with van der Waals surface area (Å²) in [4.78, 5) is 10.8. The first kappa shape index (κ1) is 7.28. The van der Waals surface area contributed by atoms with Gasteiger partial charge in [-0.2, -0.15) is 0 Å². The van der Waals surface area contributed by atoms with Gasteiger partial charge >= 0.3 is 5.97 Å². The van der Waals surface area contributed by atoms with Gasteiger partial charge in [-0.25, -0.2) is 0 Å². The SMILES string of the molecule is C=C1CNC(C(=O)OC)C1. The molecule has 0 aromatic rings. The normalized spacial score (nSPS) is 24.9. The number of nitrogens with one attached hydrogen (secondary N) is 1. The van der Waals surface area contributed by atoms with Crippen LogP contribution >= 0.6 is 0 Å². The second-order valence-electron chi connectivity index (χ2n) is 2.41. The Hall–Kier alpha value is -0.830. The third kappa shape index (κ3) is 1.36. The average molecular weight is 141 g/mol. The van der Waals surface area contributed by atoms with Gasteiger partial charge in [0.15, 0.2) is 0 Å². The maximum absolute atomic E-state index is 10.8. The lowest BCUT2D eigenvalue weighted by Crippen LogP contribution is -2.31. The number of carbonyl (C=O) groups excluding carboxylic acids is 1. The molecule has 0 bridgehead atoms. The molecule has 1 fully saturated rings. The number of ether oxygens (including phenoxy) is 1. The highest BCUT2D eigenvalue weighted by atomic mass is 16.5. The lowest BCUT2D eigenvalue weighted by molar-refractivity contribution is -0.142. The van der Waals surface area contributed by atoms with Crippen LogP contribution in [0.3, 0.4) is 0 Å². The highest BCUT2D eigenvalue weighted by molar-refractivity contribution is 5.76. The van der Waals surface area contributed by atoms with Gasteiger partial charge in [0.25, 0.3) is 0 Å². The fraction of sp³-hybridized carbons (Fsp3) is 0.571. The molecule has 1 heterocycles. The topological polar surface area (TPSA) is 38.3 Å². The van der Waals surface area contributed by atoms with Gasteiger partial charge in [-0.1, -0.05) is 12.2 Å². The van der Waals surface area contributed by atoms with Crippen molar-refractivity contribution in [1.82, 2.24) is 5.32 Å². The minimum atomic E-state index is -0.196. The van der Waals surface area contributed by atoms with Crippen LogP contribution in [-0.2, 0) is 9.53 Å². The van der Waals surface area contributed by atoms with Crippen molar-refractivity contribution >= 4 is 5.97 Å². The monoisotopic (exact) mass is 141 g/mol. The van der Waals surface area contributed by atoms with Gasteiger partial charge in [0.05, 0.1) is 7.11 Å². The summed E-state index contributed by atoms with van der Waals surface area (Å²) in [6, 6.07) is -0.155. The lowest BCUT2D eigenvalue weighted by atomic mass is 10.2. The Morgan fingerprint density at radius 2 is 2.60 bits per heavy atom. The number of rotatable bonds is 1. The summed E-state index contributed by atoms with van der Waals surface area (Å²) in [5.41, 5.74) is 1.07. The van der Waals surface area contributed by atoms with Gasteiger partial charge in [-0.15, -0.1) is 0 Å². The number of methoxy groups -OCH3 is 1. The highest BCUT2D eigenvalue weighted by Gasteiger charge is 2.24. The number of hydrogen-bond acceptors (Lipinski definition) is 3. The molecule has 3 nitrogen and oxygen atoms in total. The quantitative estimate of drug-likeness (QED) is 0.415. The highest BCUT2D eigenvalue weighted by Crippen LogP contribution is 2.10. The summed E-state index contributed by atoms with van der Waals surface area (Å²) in [6.45, 7) is 4.49. The van der Waals surface area contributed by atoms with Crippen molar-refractivity contribution < 1.29 is 9.53 Å². The molecule has 1 aliphatic rings. The van der Waals surface area contributed by atoms with Crippen molar-refractivity contribution in [2.24, 2.45) is 0 Å². The van der Waals surface area contributed by atoms with Gasteiger partial charge in [0.2, 0.25) is 0 Å². The van der Waals surface area contributed by atoms with E-state index in [2.05, 4.69) is 16.6 Å². The van der Waals surface area contributed by atoms with E-state index in [1.807, 2.05) is 0 Å². The van der Waals surface area contributed by atoms with Crippen LogP contribution in [0, 0.1) is 0 Å². The summed E-state index contributed by atoms with van der Waals surface area (Å²) in [6.07, 6.45) is 0.715. The predicted molar refractivity (Wildman–Crippen MR) is 37.6 cm³/mol. The van der Waals surface area contributed by atoms with Crippen molar-refractivity contribution in [3.8, 4) is 0 Å². The number of carbonyl (C=O) groups is 1. The minimum absolute atomic E-state index is 0.155. The molecule has 1 saturated heterocycles. The van der Waals surface area contributed by atoms with Gasteiger partial charge in [0.1, 0.15) is 6.04 Å². The molecule has 0 amide bonds. The van der Waals surface area contributed by atoms with E-state index in [-0.39, 0.29) is 12.0 Å². The fourth-order valence-corrected chi connectivity index (χ4v) is 1.01. The molecular formula is C7H11NO2. The first-order chi connectivity index (χ1) is 4.74. The molecule has 1 unspecified atom stereocenters. The molecule has 1 rings (SSSR count). The Bertz CT molecular complexity index is 165. The van der Waals surface area contributed by atoms with E-state index >= 15 is 0 Å². The molecule has 1 atom stereocenters. The first-order valence-electron chi connectivity index (χ1n) is 3.22. The third-order valence-corrected chi connectivity index (χ3v) is 1.58. The average Bonchev–Trinajstić information content (AvgIpc) is 2.34. The van der Waals surface area contributed by atoms with Crippen LogP contribution in [0.25, 0.3) is 0 Å². The van der Waals surface area contributed by atoms with Crippen molar-refractivity contribution in [2.75, 3.05) is 13.7 Å². The van der Waals surface area contributed by atoms with Crippen LogP contribution < -0.4 is 5.32 Å². The molecule has 3 heteroatoms. The second-order valence-corrected chi connectivity index (χ2v) is 2.41. The van der Waals surface area contributed by atoms with Crippen molar-refractivity contribution in [2.45, 2.75) is 12.5 Å². The molecule has 0 spiro atoms. The standard InChI is InChI=1S/C7H11NO2/c1-5-3-6(8-4-5)7(9)10-2/h6,8H,1,3-4H2,2H3. The molecule has 1 N–H and O–H groups in total. The van der Waals surface area contributed by atoms with Crippen LogP contribution in [0.1, 0.15) is 6.42 Å². The van der Waals surface area contributed by atoms with Crippen LogP contribution in [0.15, 0.2) is 12.2 Å². The van der Waals surface area contributed by atoms with Gasteiger partial charge < -0.3 is 10.1 Å². The molecule has 1 aliphatic heterocycles. The molecule has 0 radical (unpaired) electrons. The van der Waals surface area contributed by atoms with Crippen LogP contribution in [-0.4, -0.2) is 25.7 Å². The predicted octanol–water partition coefficient (Wildman–Crippen LogP) is 0.0775. The molecule has 0 saturated carbocycles. The summed E-state index contributed by atoms with van der Waals surface area (Å²) in [5.74, 6) is -0.196. The van der Waals surface area contributed by atoms with Crippen LogP contribution in [0.4, 0.5) is 0 Å². The smallest absolute Gasteiger partial charge is 0.323 e. The van der Waals surface area contributed by atoms with E-state index in [1.165, 1.54) is 7.11 Å². The van der Waals surface area contributed by atoms with Crippen LogP contribution in [0.2, 0.25) is 0 Å². The molecule has 0 aliphatic carbocycles. The maximum atomic E-state index is 10.8. The molecule has 10 heavy (non-hydrogen) atoms. The van der Waals surface area contributed by atoms with E-state index in [9.17, 15) is 4.79 Å². The van der Waals surface area contributed by atoms with E-state index in [0.717, 1.165) is 12.1 Å². The van der Waals surface area contributed by atoms with Gasteiger partial charge in [-0.05, 0) is 6.42 Å². The zero-order chi connectivity index (χ0) is 7.56. The van der Waals surface area contributed by atoms with Gasteiger partial charge in [0, 0.05) is 6.54 Å². The van der Waals surface area contributed by atoms with Crippen molar-refractivity contribution in [1.29, 1.82) is 0 Å². The Kier molecular flexibility index (Phi) is 2.06.